The van der Waals surface area contributed by atoms with Crippen LogP contribution < -0.4 is 9.64 Å². The lowest BCUT2D eigenvalue weighted by Crippen LogP contribution is -2.33. The molecule has 2 amide bonds. The van der Waals surface area contributed by atoms with Gasteiger partial charge in [-0.25, -0.2) is 4.79 Å². The Labute approximate surface area is 158 Å². The second-order valence-corrected chi connectivity index (χ2v) is 6.76. The van der Waals surface area contributed by atoms with Crippen LogP contribution in [0.3, 0.4) is 0 Å². The van der Waals surface area contributed by atoms with Gasteiger partial charge in [-0.2, -0.15) is 5.10 Å². The summed E-state index contributed by atoms with van der Waals surface area (Å²) in [5.74, 6) is 0.804. The van der Waals surface area contributed by atoms with Crippen molar-refractivity contribution in [3.8, 4) is 16.9 Å². The van der Waals surface area contributed by atoms with E-state index in [-0.39, 0.29) is 12.1 Å². The van der Waals surface area contributed by atoms with Crippen molar-refractivity contribution in [2.45, 2.75) is 19.5 Å². The zero-order valence-electron chi connectivity index (χ0n) is 15.4. The van der Waals surface area contributed by atoms with E-state index in [1.807, 2.05) is 64.5 Å². The molecular weight excluding hydrogens is 340 g/mol. The zero-order chi connectivity index (χ0) is 18.8. The van der Waals surface area contributed by atoms with Gasteiger partial charge in [-0.15, -0.1) is 0 Å². The van der Waals surface area contributed by atoms with Crippen molar-refractivity contribution in [2.75, 3.05) is 18.6 Å². The average molecular weight is 362 g/mol. The zero-order valence-corrected chi connectivity index (χ0v) is 15.4. The van der Waals surface area contributed by atoms with Gasteiger partial charge in [-0.05, 0) is 42.3 Å². The number of methoxy groups -OCH3 is 1. The topological polar surface area (TPSA) is 61.5 Å². The highest BCUT2D eigenvalue weighted by Gasteiger charge is 2.35. The van der Waals surface area contributed by atoms with Gasteiger partial charge in [-0.1, -0.05) is 24.3 Å². The van der Waals surface area contributed by atoms with Gasteiger partial charge in [0.2, 0.25) is 0 Å². The fourth-order valence-corrected chi connectivity index (χ4v) is 3.43. The van der Waals surface area contributed by atoms with Crippen LogP contribution in [0.4, 0.5) is 10.5 Å². The van der Waals surface area contributed by atoms with Gasteiger partial charge < -0.3 is 9.64 Å². The Bertz CT molecular complexity index is 922. The lowest BCUT2D eigenvalue weighted by atomic mass is 10.1. The summed E-state index contributed by atoms with van der Waals surface area (Å²) in [6.07, 6.45) is 3.64. The Hall–Kier alpha value is -3.28. The van der Waals surface area contributed by atoms with E-state index in [9.17, 15) is 4.79 Å². The molecule has 138 valence electrons. The minimum absolute atomic E-state index is 0.0291. The van der Waals surface area contributed by atoms with Crippen LogP contribution in [-0.4, -0.2) is 40.8 Å². The number of ether oxygens (including phenoxy) is 1. The van der Waals surface area contributed by atoms with E-state index in [4.69, 9.17) is 4.74 Å². The number of aromatic amines is 1. The molecule has 1 N–H and O–H groups in total. The lowest BCUT2D eigenvalue weighted by molar-refractivity contribution is 0.206. The molecule has 1 fully saturated rings. The van der Waals surface area contributed by atoms with E-state index in [2.05, 4.69) is 17.1 Å². The molecule has 1 saturated heterocycles. The second-order valence-electron chi connectivity index (χ2n) is 6.76. The quantitative estimate of drug-likeness (QED) is 0.748. The number of carbonyl (C=O) groups is 1. The first-order valence-electron chi connectivity index (χ1n) is 8.96. The highest BCUT2D eigenvalue weighted by atomic mass is 16.5. The molecule has 2 heterocycles. The van der Waals surface area contributed by atoms with Crippen LogP contribution in [0.15, 0.2) is 60.9 Å². The van der Waals surface area contributed by atoms with Gasteiger partial charge in [0.1, 0.15) is 5.75 Å². The van der Waals surface area contributed by atoms with Crippen molar-refractivity contribution in [1.82, 2.24) is 15.1 Å². The maximum absolute atomic E-state index is 13.0. The molecule has 0 spiro atoms. The molecule has 1 atom stereocenters. The molecule has 27 heavy (non-hydrogen) atoms. The number of anilines is 1. The summed E-state index contributed by atoms with van der Waals surface area (Å²) in [4.78, 5) is 16.7. The molecule has 1 unspecified atom stereocenters. The average Bonchev–Trinajstić information content (AvgIpc) is 3.33. The van der Waals surface area contributed by atoms with E-state index in [0.29, 0.717) is 13.1 Å². The number of rotatable bonds is 5. The molecule has 6 nitrogen and oxygen atoms in total. The van der Waals surface area contributed by atoms with Gasteiger partial charge >= 0.3 is 6.03 Å². The molecule has 4 rings (SSSR count). The van der Waals surface area contributed by atoms with E-state index >= 15 is 0 Å². The first kappa shape index (κ1) is 17.1. The molecule has 6 heteroatoms. The summed E-state index contributed by atoms with van der Waals surface area (Å²) in [6, 6.07) is 16.0. The highest BCUT2D eigenvalue weighted by Crippen LogP contribution is 2.28. The largest absolute Gasteiger partial charge is 0.497 e. The predicted octanol–water partition coefficient (Wildman–Crippen LogP) is 3.92. The van der Waals surface area contributed by atoms with Gasteiger partial charge in [0, 0.05) is 36.6 Å². The number of H-pyrrole nitrogens is 1. The number of urea groups is 1. The minimum atomic E-state index is 0.0291. The predicted molar refractivity (Wildman–Crippen MR) is 105 cm³/mol. The third-order valence-electron chi connectivity index (χ3n) is 4.95. The fraction of sp³-hybridized carbons (Fsp3) is 0.238. The summed E-state index contributed by atoms with van der Waals surface area (Å²) in [6.45, 7) is 3.33. The molecular formula is C21H22N4O2. The van der Waals surface area contributed by atoms with Crippen molar-refractivity contribution in [3.63, 3.8) is 0 Å². The number of hydrogen-bond acceptors (Lipinski definition) is 3. The summed E-state index contributed by atoms with van der Waals surface area (Å²) in [5, 5.41) is 6.80. The van der Waals surface area contributed by atoms with Crippen molar-refractivity contribution >= 4 is 11.7 Å². The van der Waals surface area contributed by atoms with Crippen molar-refractivity contribution < 1.29 is 9.53 Å². The molecule has 0 saturated carbocycles. The number of hydrogen-bond donors (Lipinski definition) is 1. The number of carbonyl (C=O) groups excluding carboxylic acids is 1. The monoisotopic (exact) mass is 362 g/mol. The molecule has 1 aliphatic rings. The number of nitrogens with one attached hydrogen (secondary N) is 1. The minimum Gasteiger partial charge on any atom is -0.497 e. The summed E-state index contributed by atoms with van der Waals surface area (Å²) >= 11 is 0. The van der Waals surface area contributed by atoms with E-state index in [1.165, 1.54) is 0 Å². The van der Waals surface area contributed by atoms with Crippen LogP contribution in [0.1, 0.15) is 12.5 Å². The highest BCUT2D eigenvalue weighted by molar-refractivity contribution is 5.94. The lowest BCUT2D eigenvalue weighted by Gasteiger charge is -2.21. The smallest absolute Gasteiger partial charge is 0.325 e. The molecule has 3 aromatic rings. The summed E-state index contributed by atoms with van der Waals surface area (Å²) in [7, 11) is 1.65. The van der Waals surface area contributed by atoms with E-state index < -0.39 is 0 Å². The number of nitrogens with zero attached hydrogens (tertiary/aromatic N) is 3. The number of benzene rings is 2. The summed E-state index contributed by atoms with van der Waals surface area (Å²) < 4.78 is 5.28. The maximum Gasteiger partial charge on any atom is 0.325 e. The van der Waals surface area contributed by atoms with Crippen LogP contribution in [-0.2, 0) is 6.54 Å². The Morgan fingerprint density at radius 2 is 2.00 bits per heavy atom. The first-order chi connectivity index (χ1) is 13.2. The van der Waals surface area contributed by atoms with Gasteiger partial charge in [0.25, 0.3) is 0 Å². The van der Waals surface area contributed by atoms with Crippen LogP contribution >= 0.6 is 0 Å². The molecule has 0 bridgehead atoms. The van der Waals surface area contributed by atoms with Crippen LogP contribution in [0.2, 0.25) is 0 Å². The van der Waals surface area contributed by atoms with Gasteiger partial charge in [0.15, 0.2) is 0 Å². The first-order valence-corrected chi connectivity index (χ1v) is 8.96. The molecule has 1 aromatic heterocycles. The van der Waals surface area contributed by atoms with Crippen LogP contribution in [0.5, 0.6) is 5.75 Å². The van der Waals surface area contributed by atoms with Crippen molar-refractivity contribution in [2.24, 2.45) is 0 Å². The van der Waals surface area contributed by atoms with Crippen LogP contribution in [0, 0.1) is 0 Å². The molecule has 2 aromatic carbocycles. The third-order valence-corrected chi connectivity index (χ3v) is 4.95. The SMILES string of the molecule is COc1cccc(CN2C(=O)N(c3ccc(-c4cn[nH]c4)cc3)CC2C)c1. The van der Waals surface area contributed by atoms with Gasteiger partial charge in [-0.3, -0.25) is 10.00 Å². The van der Waals surface area contributed by atoms with Crippen molar-refractivity contribution in [3.05, 3.63) is 66.5 Å². The molecule has 1 aliphatic heterocycles. The third kappa shape index (κ3) is 3.38. The maximum atomic E-state index is 13.0. The Morgan fingerprint density at radius 3 is 2.70 bits per heavy atom. The Balaban J connectivity index is 1.51. The Kier molecular flexibility index (Phi) is 4.54. The number of aromatic nitrogens is 2. The Morgan fingerprint density at radius 1 is 1.19 bits per heavy atom. The molecule has 0 aliphatic carbocycles. The fourth-order valence-electron chi connectivity index (χ4n) is 3.43. The summed E-state index contributed by atoms with van der Waals surface area (Å²) in [5.41, 5.74) is 4.07. The normalized spacial score (nSPS) is 16.8. The second kappa shape index (κ2) is 7.15. The van der Waals surface area contributed by atoms with E-state index in [0.717, 1.165) is 28.1 Å². The van der Waals surface area contributed by atoms with Gasteiger partial charge in [0.05, 0.1) is 13.3 Å². The number of amides is 2. The standard InChI is InChI=1S/C21H22N4O2/c1-15-13-25(19-8-6-17(7-9-19)18-11-22-23-12-18)21(26)24(15)14-16-4-3-5-20(10-16)27-2/h3-12,15H,13-14H2,1-2H3,(H,22,23). The molecule has 0 radical (unpaired) electrons. The van der Waals surface area contributed by atoms with E-state index in [1.54, 1.807) is 13.3 Å². The van der Waals surface area contributed by atoms with Crippen LogP contribution in [0.25, 0.3) is 11.1 Å². The van der Waals surface area contributed by atoms with Crippen molar-refractivity contribution in [1.29, 1.82) is 0 Å².